The first kappa shape index (κ1) is 15.1. The highest BCUT2D eigenvalue weighted by Gasteiger charge is 2.40. The lowest BCUT2D eigenvalue weighted by Crippen LogP contribution is -2.24. The van der Waals surface area contributed by atoms with Crippen molar-refractivity contribution >= 4 is 5.97 Å². The Morgan fingerprint density at radius 1 is 1.17 bits per heavy atom. The summed E-state index contributed by atoms with van der Waals surface area (Å²) in [6.07, 6.45) is 4.99. The van der Waals surface area contributed by atoms with Crippen LogP contribution in [0.1, 0.15) is 32.1 Å². The molecule has 1 aliphatic carbocycles. The first-order valence-corrected chi connectivity index (χ1v) is 6.40. The quantitative estimate of drug-likeness (QED) is 0.394. The van der Waals surface area contributed by atoms with E-state index in [4.69, 9.17) is 10.2 Å². The summed E-state index contributed by atoms with van der Waals surface area (Å²) in [6, 6.07) is 0. The van der Waals surface area contributed by atoms with E-state index in [1.807, 2.05) is 12.2 Å². The van der Waals surface area contributed by atoms with Gasteiger partial charge >= 0.3 is 5.97 Å². The van der Waals surface area contributed by atoms with Crippen molar-refractivity contribution in [3.05, 3.63) is 12.2 Å². The van der Waals surface area contributed by atoms with Crippen molar-refractivity contribution in [3.63, 3.8) is 0 Å². The van der Waals surface area contributed by atoms with Gasteiger partial charge < -0.3 is 20.4 Å². The number of carboxylic acids is 1. The number of rotatable bonds is 7. The third-order valence-electron chi connectivity index (χ3n) is 3.57. The third kappa shape index (κ3) is 4.40. The van der Waals surface area contributed by atoms with E-state index in [2.05, 4.69) is 0 Å². The fourth-order valence-electron chi connectivity index (χ4n) is 2.50. The average molecular weight is 258 g/mol. The molecule has 0 aromatic rings. The molecule has 0 bridgehead atoms. The summed E-state index contributed by atoms with van der Waals surface area (Å²) < 4.78 is 0. The molecule has 0 aromatic carbocycles. The molecule has 0 aromatic heterocycles. The largest absolute Gasteiger partial charge is 0.481 e. The molecule has 0 heterocycles. The van der Waals surface area contributed by atoms with Gasteiger partial charge in [0.05, 0.1) is 12.2 Å². The van der Waals surface area contributed by atoms with Gasteiger partial charge in [0, 0.05) is 18.9 Å². The van der Waals surface area contributed by atoms with E-state index in [0.29, 0.717) is 25.7 Å². The van der Waals surface area contributed by atoms with Crippen LogP contribution in [0.3, 0.4) is 0 Å². The highest BCUT2D eigenvalue weighted by Crippen LogP contribution is 2.34. The Hall–Kier alpha value is -0.910. The molecule has 4 N–H and O–H groups in total. The predicted octanol–water partition coefficient (Wildman–Crippen LogP) is 0.538. The number of aliphatic carboxylic acids is 1. The van der Waals surface area contributed by atoms with E-state index < -0.39 is 18.2 Å². The second-order valence-electron chi connectivity index (χ2n) is 4.87. The van der Waals surface area contributed by atoms with Crippen molar-refractivity contribution < 1.29 is 25.2 Å². The number of carbonyl (C=O) groups is 1. The van der Waals surface area contributed by atoms with Crippen molar-refractivity contribution in [2.75, 3.05) is 6.61 Å². The Balaban J connectivity index is 2.29. The first-order valence-electron chi connectivity index (χ1n) is 6.40. The van der Waals surface area contributed by atoms with Crippen LogP contribution in [0.5, 0.6) is 0 Å². The Morgan fingerprint density at radius 3 is 2.44 bits per heavy atom. The van der Waals surface area contributed by atoms with Gasteiger partial charge in [0.15, 0.2) is 0 Å². The van der Waals surface area contributed by atoms with E-state index >= 15 is 0 Å². The minimum atomic E-state index is -0.793. The number of hydrogen-bond acceptors (Lipinski definition) is 4. The molecule has 4 atom stereocenters. The number of allylic oxidation sites excluding steroid dienone is 2. The van der Waals surface area contributed by atoms with E-state index in [9.17, 15) is 15.0 Å². The van der Waals surface area contributed by atoms with Crippen molar-refractivity contribution in [3.8, 4) is 0 Å². The standard InChI is InChI=1S/C13H22O5/c14-8-10-9(11(15)7-12(10)16)5-3-1-2-4-6-13(17)18/h1,3,9-12,14-16H,2,4-8H2,(H,17,18)/t9-,10-,11?,12?/m1/s1. The highest BCUT2D eigenvalue weighted by atomic mass is 16.4. The summed E-state index contributed by atoms with van der Waals surface area (Å²) in [5.41, 5.74) is 0. The van der Waals surface area contributed by atoms with Crippen LogP contribution in [0.25, 0.3) is 0 Å². The van der Waals surface area contributed by atoms with Crippen molar-refractivity contribution in [1.29, 1.82) is 0 Å². The van der Waals surface area contributed by atoms with Gasteiger partial charge in [-0.3, -0.25) is 4.79 Å². The molecule has 1 aliphatic rings. The Bertz CT molecular complexity index is 289. The molecule has 1 rings (SSSR count). The monoisotopic (exact) mass is 258 g/mol. The van der Waals surface area contributed by atoms with E-state index in [1.54, 1.807) is 0 Å². The third-order valence-corrected chi connectivity index (χ3v) is 3.57. The van der Waals surface area contributed by atoms with Crippen molar-refractivity contribution in [2.24, 2.45) is 11.8 Å². The van der Waals surface area contributed by atoms with Crippen LogP contribution in [0, 0.1) is 11.8 Å². The highest BCUT2D eigenvalue weighted by molar-refractivity contribution is 5.66. The topological polar surface area (TPSA) is 98.0 Å². The second-order valence-corrected chi connectivity index (χ2v) is 4.87. The smallest absolute Gasteiger partial charge is 0.303 e. The maximum atomic E-state index is 10.3. The molecular weight excluding hydrogens is 236 g/mol. The lowest BCUT2D eigenvalue weighted by Gasteiger charge is -2.19. The lowest BCUT2D eigenvalue weighted by atomic mass is 9.91. The molecule has 0 radical (unpaired) electrons. The van der Waals surface area contributed by atoms with Crippen LogP contribution in [-0.2, 0) is 4.79 Å². The van der Waals surface area contributed by atoms with Crippen LogP contribution in [0.4, 0.5) is 0 Å². The number of aliphatic hydroxyl groups is 3. The van der Waals surface area contributed by atoms with E-state index in [0.717, 1.165) is 0 Å². The minimum Gasteiger partial charge on any atom is -0.481 e. The maximum absolute atomic E-state index is 10.3. The van der Waals surface area contributed by atoms with Gasteiger partial charge in [-0.25, -0.2) is 0 Å². The number of hydrogen-bond donors (Lipinski definition) is 4. The maximum Gasteiger partial charge on any atom is 0.303 e. The van der Waals surface area contributed by atoms with Crippen molar-refractivity contribution in [1.82, 2.24) is 0 Å². The Labute approximate surface area is 107 Å². The summed E-state index contributed by atoms with van der Waals surface area (Å²) in [4.78, 5) is 10.3. The zero-order valence-electron chi connectivity index (χ0n) is 10.4. The van der Waals surface area contributed by atoms with Gasteiger partial charge in [-0.1, -0.05) is 12.2 Å². The lowest BCUT2D eigenvalue weighted by molar-refractivity contribution is -0.137. The molecular formula is C13H22O5. The Kier molecular flexibility index (Phi) is 6.32. The van der Waals surface area contributed by atoms with Crippen LogP contribution < -0.4 is 0 Å². The van der Waals surface area contributed by atoms with E-state index in [1.165, 1.54) is 0 Å². The minimum absolute atomic E-state index is 0.110. The fourth-order valence-corrected chi connectivity index (χ4v) is 2.50. The number of unbranched alkanes of at least 4 members (excludes halogenated alkanes) is 1. The zero-order valence-corrected chi connectivity index (χ0v) is 10.4. The summed E-state index contributed by atoms with van der Waals surface area (Å²) >= 11 is 0. The van der Waals surface area contributed by atoms with Gasteiger partial charge in [-0.2, -0.15) is 0 Å². The van der Waals surface area contributed by atoms with Crippen molar-refractivity contribution in [2.45, 2.75) is 44.3 Å². The van der Waals surface area contributed by atoms with Gasteiger partial charge in [-0.05, 0) is 31.6 Å². The molecule has 5 nitrogen and oxygen atoms in total. The zero-order chi connectivity index (χ0) is 13.5. The molecule has 0 spiro atoms. The summed E-state index contributed by atoms with van der Waals surface area (Å²) in [7, 11) is 0. The summed E-state index contributed by atoms with van der Waals surface area (Å²) in [6.45, 7) is -0.115. The SMILES string of the molecule is O=C(O)CCCC=CC[C@H]1C(O)CC(O)[C@@H]1CO. The molecule has 0 aliphatic heterocycles. The Morgan fingerprint density at radius 2 is 1.83 bits per heavy atom. The van der Waals surface area contributed by atoms with Gasteiger partial charge in [-0.15, -0.1) is 0 Å². The van der Waals surface area contributed by atoms with Crippen LogP contribution >= 0.6 is 0 Å². The second kappa shape index (κ2) is 7.51. The molecule has 18 heavy (non-hydrogen) atoms. The predicted molar refractivity (Wildman–Crippen MR) is 65.9 cm³/mol. The van der Waals surface area contributed by atoms with Gasteiger partial charge in [0.2, 0.25) is 0 Å². The van der Waals surface area contributed by atoms with Gasteiger partial charge in [0.1, 0.15) is 0 Å². The molecule has 2 unspecified atom stereocenters. The normalized spacial score (nSPS) is 32.2. The van der Waals surface area contributed by atoms with Crippen LogP contribution in [0.15, 0.2) is 12.2 Å². The van der Waals surface area contributed by atoms with Gasteiger partial charge in [0.25, 0.3) is 0 Å². The summed E-state index contributed by atoms with van der Waals surface area (Å²) in [5.74, 6) is -1.16. The molecule has 104 valence electrons. The molecule has 1 saturated carbocycles. The first-order chi connectivity index (χ1) is 8.56. The molecule has 1 fully saturated rings. The average Bonchev–Trinajstić information content (AvgIpc) is 2.57. The number of carboxylic acid groups (broad SMARTS) is 1. The summed E-state index contributed by atoms with van der Waals surface area (Å²) in [5, 5.41) is 37.0. The molecule has 5 heteroatoms. The molecule has 0 saturated heterocycles. The number of aliphatic hydroxyl groups excluding tert-OH is 3. The fraction of sp³-hybridized carbons (Fsp3) is 0.769. The van der Waals surface area contributed by atoms with Crippen LogP contribution in [-0.4, -0.2) is 45.2 Å². The van der Waals surface area contributed by atoms with Crippen LogP contribution in [0.2, 0.25) is 0 Å². The molecule has 0 amide bonds. The van der Waals surface area contributed by atoms with E-state index in [-0.39, 0.29) is 24.9 Å².